The van der Waals surface area contributed by atoms with E-state index in [1.807, 2.05) is 18.2 Å². The Balaban J connectivity index is 0.00000180. The van der Waals surface area contributed by atoms with Crippen LogP contribution >= 0.6 is 35.0 Å². The molecule has 1 aromatic rings. The molecule has 1 aliphatic heterocycles. The van der Waals surface area contributed by atoms with Gasteiger partial charge in [-0.1, -0.05) is 13.0 Å². The van der Waals surface area contributed by atoms with E-state index < -0.39 is 0 Å². The normalized spacial score (nSPS) is 22.5. The van der Waals surface area contributed by atoms with Crippen LogP contribution in [0.4, 0.5) is 0 Å². The summed E-state index contributed by atoms with van der Waals surface area (Å²) in [5.74, 6) is 0.577. The van der Waals surface area contributed by atoms with Crippen LogP contribution in [-0.2, 0) is 0 Å². The van der Waals surface area contributed by atoms with E-state index in [9.17, 15) is 4.79 Å². The third kappa shape index (κ3) is 4.33. The van der Waals surface area contributed by atoms with Crippen molar-refractivity contribution in [1.29, 1.82) is 0 Å². The molecule has 3 nitrogen and oxygen atoms in total. The summed E-state index contributed by atoms with van der Waals surface area (Å²) in [6.45, 7) is 6.17. The predicted molar refractivity (Wildman–Crippen MR) is 89.0 cm³/mol. The van der Waals surface area contributed by atoms with Crippen LogP contribution in [0.3, 0.4) is 0 Å². The molecule has 1 amide bonds. The van der Waals surface area contributed by atoms with Gasteiger partial charge in [0, 0.05) is 21.7 Å². The second-order valence-electron chi connectivity index (χ2n) is 5.01. The second kappa shape index (κ2) is 7.45. The smallest absolute Gasteiger partial charge is 0.251 e. The lowest BCUT2D eigenvalue weighted by Crippen LogP contribution is -2.50. The average molecular weight is 395 g/mol. The molecule has 1 fully saturated rings. The van der Waals surface area contributed by atoms with E-state index in [-0.39, 0.29) is 24.4 Å². The molecular weight excluding hydrogens is 375 g/mol. The summed E-state index contributed by atoms with van der Waals surface area (Å²) in [6, 6.07) is 6.09. The maximum Gasteiger partial charge on any atom is 0.251 e. The van der Waals surface area contributed by atoms with E-state index in [0.717, 1.165) is 28.6 Å². The number of aryl methyl sites for hydroxylation is 1. The largest absolute Gasteiger partial charge is 0.348 e. The highest BCUT2D eigenvalue weighted by Crippen LogP contribution is 2.15. The van der Waals surface area contributed by atoms with Gasteiger partial charge in [-0.15, -0.1) is 12.4 Å². The number of nitrogens with one attached hydrogen (secondary N) is 2. The molecule has 1 saturated heterocycles. The molecule has 1 heterocycles. The van der Waals surface area contributed by atoms with Crippen LogP contribution in [0.15, 0.2) is 18.2 Å². The van der Waals surface area contributed by atoms with Crippen molar-refractivity contribution in [3.63, 3.8) is 0 Å². The van der Waals surface area contributed by atoms with Crippen LogP contribution in [0.2, 0.25) is 0 Å². The standard InChI is InChI=1S/C14H19IN2O.ClH/c1-9-3-4-11(7-12(9)15)14(18)17-13-8-16-6-5-10(13)2;/h3-4,7,10,13,16H,5-6,8H2,1-2H3,(H,17,18);1H. The van der Waals surface area contributed by atoms with Gasteiger partial charge < -0.3 is 10.6 Å². The zero-order valence-corrected chi connectivity index (χ0v) is 14.2. The van der Waals surface area contributed by atoms with Gasteiger partial charge in [0.2, 0.25) is 0 Å². The Kier molecular flexibility index (Phi) is 6.56. The lowest BCUT2D eigenvalue weighted by atomic mass is 9.94. The summed E-state index contributed by atoms with van der Waals surface area (Å²) >= 11 is 2.27. The molecule has 2 rings (SSSR count). The fraction of sp³-hybridized carbons (Fsp3) is 0.500. The molecule has 5 heteroatoms. The van der Waals surface area contributed by atoms with Crippen molar-refractivity contribution in [3.8, 4) is 0 Å². The summed E-state index contributed by atoms with van der Waals surface area (Å²) in [5.41, 5.74) is 1.96. The number of amides is 1. The predicted octanol–water partition coefficient (Wildman–Crippen LogP) is 2.75. The molecule has 1 aromatic carbocycles. The molecule has 0 radical (unpaired) electrons. The van der Waals surface area contributed by atoms with Crippen molar-refractivity contribution in [1.82, 2.24) is 10.6 Å². The van der Waals surface area contributed by atoms with E-state index in [1.54, 1.807) is 0 Å². The molecule has 2 N–H and O–H groups in total. The van der Waals surface area contributed by atoms with Crippen molar-refractivity contribution in [3.05, 3.63) is 32.9 Å². The average Bonchev–Trinajstić information content (AvgIpc) is 2.35. The van der Waals surface area contributed by atoms with Gasteiger partial charge in [0.1, 0.15) is 0 Å². The topological polar surface area (TPSA) is 41.1 Å². The Bertz CT molecular complexity index is 453. The van der Waals surface area contributed by atoms with E-state index in [1.165, 1.54) is 5.56 Å². The maximum absolute atomic E-state index is 12.2. The molecule has 2 unspecified atom stereocenters. The lowest BCUT2D eigenvalue weighted by Gasteiger charge is -2.30. The zero-order valence-electron chi connectivity index (χ0n) is 11.2. The van der Waals surface area contributed by atoms with Gasteiger partial charge in [-0.05, 0) is 66.1 Å². The molecule has 1 aliphatic rings. The molecule has 0 bridgehead atoms. The van der Waals surface area contributed by atoms with E-state index in [2.05, 4.69) is 47.1 Å². The molecule has 0 aromatic heterocycles. The lowest BCUT2D eigenvalue weighted by molar-refractivity contribution is 0.0915. The minimum absolute atomic E-state index is 0. The zero-order chi connectivity index (χ0) is 13.1. The first-order chi connectivity index (χ1) is 8.58. The van der Waals surface area contributed by atoms with Gasteiger partial charge in [0.05, 0.1) is 0 Å². The number of hydrogen-bond acceptors (Lipinski definition) is 2. The molecule has 0 aliphatic carbocycles. The Hall–Kier alpha value is -0.330. The number of carbonyl (C=O) groups is 1. The summed E-state index contributed by atoms with van der Waals surface area (Å²) in [6.07, 6.45) is 1.12. The van der Waals surface area contributed by atoms with Crippen LogP contribution in [0, 0.1) is 16.4 Å². The third-order valence-corrected chi connectivity index (χ3v) is 4.74. The Morgan fingerprint density at radius 1 is 1.47 bits per heavy atom. The number of piperidine rings is 1. The minimum atomic E-state index is 0. The van der Waals surface area contributed by atoms with Gasteiger partial charge in [0.25, 0.3) is 5.91 Å². The molecule has 0 saturated carbocycles. The van der Waals surface area contributed by atoms with Crippen LogP contribution in [0.25, 0.3) is 0 Å². The van der Waals surface area contributed by atoms with E-state index in [4.69, 9.17) is 0 Å². The van der Waals surface area contributed by atoms with Gasteiger partial charge in [0.15, 0.2) is 0 Å². The Morgan fingerprint density at radius 3 is 2.84 bits per heavy atom. The molecule has 0 spiro atoms. The van der Waals surface area contributed by atoms with Gasteiger partial charge in [-0.2, -0.15) is 0 Å². The van der Waals surface area contributed by atoms with Crippen molar-refractivity contribution in [2.45, 2.75) is 26.3 Å². The number of rotatable bonds is 2. The van der Waals surface area contributed by atoms with E-state index >= 15 is 0 Å². The van der Waals surface area contributed by atoms with Crippen LogP contribution < -0.4 is 10.6 Å². The molecule has 19 heavy (non-hydrogen) atoms. The SMILES string of the molecule is Cc1ccc(C(=O)NC2CNCCC2C)cc1I.Cl. The fourth-order valence-electron chi connectivity index (χ4n) is 2.17. The Morgan fingerprint density at radius 2 is 2.21 bits per heavy atom. The summed E-state index contributed by atoms with van der Waals surface area (Å²) in [7, 11) is 0. The highest BCUT2D eigenvalue weighted by Gasteiger charge is 2.23. The first kappa shape index (κ1) is 16.7. The highest BCUT2D eigenvalue weighted by molar-refractivity contribution is 14.1. The van der Waals surface area contributed by atoms with E-state index in [0.29, 0.717) is 5.92 Å². The van der Waals surface area contributed by atoms with Gasteiger partial charge in [-0.25, -0.2) is 0 Å². The van der Waals surface area contributed by atoms with Crippen molar-refractivity contribution in [2.75, 3.05) is 13.1 Å². The first-order valence-corrected chi connectivity index (χ1v) is 7.43. The van der Waals surface area contributed by atoms with Crippen LogP contribution in [0.5, 0.6) is 0 Å². The van der Waals surface area contributed by atoms with Crippen molar-refractivity contribution >= 4 is 40.9 Å². The van der Waals surface area contributed by atoms with Crippen LogP contribution in [0.1, 0.15) is 29.3 Å². The maximum atomic E-state index is 12.2. The van der Waals surface area contributed by atoms with Crippen molar-refractivity contribution in [2.24, 2.45) is 5.92 Å². The molecule has 106 valence electrons. The number of benzene rings is 1. The number of hydrogen-bond donors (Lipinski definition) is 2. The van der Waals surface area contributed by atoms with Gasteiger partial charge >= 0.3 is 0 Å². The number of halogens is 2. The summed E-state index contributed by atoms with van der Waals surface area (Å²) in [4.78, 5) is 12.2. The Labute approximate surface area is 134 Å². The summed E-state index contributed by atoms with van der Waals surface area (Å²) < 4.78 is 1.13. The molecular formula is C14H20ClIN2O. The monoisotopic (exact) mass is 394 g/mol. The molecule has 2 atom stereocenters. The highest BCUT2D eigenvalue weighted by atomic mass is 127. The fourth-order valence-corrected chi connectivity index (χ4v) is 2.68. The van der Waals surface area contributed by atoms with Crippen LogP contribution in [-0.4, -0.2) is 25.0 Å². The van der Waals surface area contributed by atoms with Crippen molar-refractivity contribution < 1.29 is 4.79 Å². The quantitative estimate of drug-likeness (QED) is 0.757. The minimum Gasteiger partial charge on any atom is -0.348 e. The third-order valence-electron chi connectivity index (χ3n) is 3.58. The first-order valence-electron chi connectivity index (χ1n) is 6.35. The van der Waals surface area contributed by atoms with Gasteiger partial charge in [-0.3, -0.25) is 4.79 Å². The number of carbonyl (C=O) groups excluding carboxylic acids is 1. The second-order valence-corrected chi connectivity index (χ2v) is 6.18. The summed E-state index contributed by atoms with van der Waals surface area (Å²) in [5, 5.41) is 6.45.